The average Bonchev–Trinajstić information content (AvgIpc) is 2.23. The molecular weight excluding hydrogens is 222 g/mol. The van der Waals surface area contributed by atoms with E-state index in [0.717, 1.165) is 22.4 Å². The molecule has 0 unspecified atom stereocenters. The van der Waals surface area contributed by atoms with Crippen LogP contribution in [0.3, 0.4) is 0 Å². The van der Waals surface area contributed by atoms with E-state index in [4.69, 9.17) is 10.2 Å². The lowest BCUT2D eigenvalue weighted by atomic mass is 9.99. The van der Waals surface area contributed by atoms with Gasteiger partial charge in [-0.15, -0.1) is 0 Å². The first-order valence-electron chi connectivity index (χ1n) is 5.18. The van der Waals surface area contributed by atoms with Crippen LogP contribution in [0.2, 0.25) is 0 Å². The number of carboxylic acid groups (broad SMARTS) is 2. The van der Waals surface area contributed by atoms with E-state index in [1.807, 2.05) is 13.8 Å². The Hall–Kier alpha value is -2.04. The number of rotatable bonds is 5. The highest BCUT2D eigenvalue weighted by atomic mass is 16.4. The fourth-order valence-electron chi connectivity index (χ4n) is 1.59. The molecule has 0 aliphatic carbocycles. The van der Waals surface area contributed by atoms with Crippen LogP contribution in [0.1, 0.15) is 16.7 Å². The maximum absolute atomic E-state index is 10.6. The fraction of sp³-hybridized carbons (Fsp3) is 0.333. The van der Waals surface area contributed by atoms with E-state index in [0.29, 0.717) is 0 Å². The van der Waals surface area contributed by atoms with Crippen LogP contribution in [0.15, 0.2) is 12.1 Å². The largest absolute Gasteiger partial charge is 0.481 e. The quantitative estimate of drug-likeness (QED) is 0.721. The third-order valence-electron chi connectivity index (χ3n) is 2.67. The van der Waals surface area contributed by atoms with Gasteiger partial charge in [0.2, 0.25) is 0 Å². The van der Waals surface area contributed by atoms with Crippen molar-refractivity contribution in [2.75, 3.05) is 11.9 Å². The highest BCUT2D eigenvalue weighted by Gasteiger charge is 2.09. The summed E-state index contributed by atoms with van der Waals surface area (Å²) in [5.74, 6) is -1.81. The Labute approximate surface area is 99.1 Å². The summed E-state index contributed by atoms with van der Waals surface area (Å²) in [6, 6.07) is 3.42. The van der Waals surface area contributed by atoms with Crippen LogP contribution in [0.25, 0.3) is 0 Å². The van der Waals surface area contributed by atoms with Gasteiger partial charge in [0.1, 0.15) is 6.54 Å². The maximum Gasteiger partial charge on any atom is 0.322 e. The smallest absolute Gasteiger partial charge is 0.322 e. The molecule has 3 N–H and O–H groups in total. The number of hydrogen-bond donors (Lipinski definition) is 3. The first-order chi connectivity index (χ1) is 7.91. The van der Waals surface area contributed by atoms with Crippen molar-refractivity contribution in [1.82, 2.24) is 0 Å². The zero-order chi connectivity index (χ0) is 13.0. The monoisotopic (exact) mass is 237 g/mol. The molecule has 1 aromatic rings. The highest BCUT2D eigenvalue weighted by molar-refractivity contribution is 5.75. The molecule has 0 amide bonds. The highest BCUT2D eigenvalue weighted by Crippen LogP contribution is 2.22. The van der Waals surface area contributed by atoms with E-state index in [1.54, 1.807) is 12.1 Å². The molecule has 0 fully saturated rings. The summed E-state index contributed by atoms with van der Waals surface area (Å²) in [5.41, 5.74) is 3.22. The Morgan fingerprint density at radius 2 is 1.76 bits per heavy atom. The third-order valence-corrected chi connectivity index (χ3v) is 2.67. The summed E-state index contributed by atoms with van der Waals surface area (Å²) < 4.78 is 0. The van der Waals surface area contributed by atoms with Crippen molar-refractivity contribution in [3.63, 3.8) is 0 Å². The molecule has 0 aromatic heterocycles. The van der Waals surface area contributed by atoms with Crippen LogP contribution in [0.5, 0.6) is 0 Å². The Kier molecular flexibility index (Phi) is 4.09. The molecule has 0 saturated carbocycles. The third kappa shape index (κ3) is 3.48. The van der Waals surface area contributed by atoms with Gasteiger partial charge in [0.15, 0.2) is 0 Å². The number of carboxylic acids is 2. The molecule has 0 spiro atoms. The summed E-state index contributed by atoms with van der Waals surface area (Å²) in [5, 5.41) is 20.1. The molecule has 0 aliphatic heterocycles. The minimum Gasteiger partial charge on any atom is -0.481 e. The molecule has 5 heteroatoms. The number of nitrogens with one attached hydrogen (secondary N) is 1. The van der Waals surface area contributed by atoms with Crippen LogP contribution in [0.4, 0.5) is 5.69 Å². The zero-order valence-electron chi connectivity index (χ0n) is 9.78. The minimum atomic E-state index is -0.934. The molecule has 0 bridgehead atoms. The number of carbonyl (C=O) groups is 2. The number of benzene rings is 1. The van der Waals surface area contributed by atoms with Gasteiger partial charge in [-0.1, -0.05) is 6.07 Å². The first kappa shape index (κ1) is 13.0. The van der Waals surface area contributed by atoms with Gasteiger partial charge >= 0.3 is 11.9 Å². The van der Waals surface area contributed by atoms with Crippen molar-refractivity contribution < 1.29 is 19.8 Å². The van der Waals surface area contributed by atoms with E-state index < -0.39 is 11.9 Å². The van der Waals surface area contributed by atoms with E-state index >= 15 is 0 Å². The van der Waals surface area contributed by atoms with Crippen LogP contribution in [-0.2, 0) is 16.0 Å². The number of anilines is 1. The predicted octanol–water partition coefficient (Wildman–Crippen LogP) is 1.43. The van der Waals surface area contributed by atoms with Crippen molar-refractivity contribution in [3.05, 3.63) is 28.8 Å². The predicted molar refractivity (Wildman–Crippen MR) is 63.4 cm³/mol. The SMILES string of the molecule is Cc1c(CC(=O)O)ccc(NCC(=O)O)c1C. The van der Waals surface area contributed by atoms with Crippen LogP contribution in [0, 0.1) is 13.8 Å². The maximum atomic E-state index is 10.6. The Balaban J connectivity index is 2.93. The standard InChI is InChI=1S/C12H15NO4/c1-7-8(2)10(13-6-12(16)17)4-3-9(7)5-11(14)15/h3-4,13H,5-6H2,1-2H3,(H,14,15)(H,16,17). The topological polar surface area (TPSA) is 86.6 Å². The normalized spacial score (nSPS) is 10.0. The van der Waals surface area contributed by atoms with Crippen molar-refractivity contribution >= 4 is 17.6 Å². The number of hydrogen-bond acceptors (Lipinski definition) is 3. The van der Waals surface area contributed by atoms with Crippen LogP contribution < -0.4 is 5.32 Å². The van der Waals surface area contributed by atoms with Gasteiger partial charge < -0.3 is 15.5 Å². The average molecular weight is 237 g/mol. The van der Waals surface area contributed by atoms with Crippen molar-refractivity contribution in [2.24, 2.45) is 0 Å². The molecular formula is C12H15NO4. The van der Waals surface area contributed by atoms with Gasteiger partial charge in [-0.2, -0.15) is 0 Å². The van der Waals surface area contributed by atoms with E-state index in [2.05, 4.69) is 5.32 Å². The lowest BCUT2D eigenvalue weighted by Crippen LogP contribution is -2.14. The summed E-state index contributed by atoms with van der Waals surface area (Å²) >= 11 is 0. The summed E-state index contributed by atoms with van der Waals surface area (Å²) in [4.78, 5) is 21.1. The lowest BCUT2D eigenvalue weighted by Gasteiger charge is -2.13. The minimum absolute atomic E-state index is 0.0219. The molecule has 1 aromatic carbocycles. The second-order valence-electron chi connectivity index (χ2n) is 3.84. The Morgan fingerprint density at radius 1 is 1.12 bits per heavy atom. The van der Waals surface area contributed by atoms with Crippen molar-refractivity contribution in [2.45, 2.75) is 20.3 Å². The van der Waals surface area contributed by atoms with E-state index in [1.165, 1.54) is 0 Å². The zero-order valence-corrected chi connectivity index (χ0v) is 9.78. The van der Waals surface area contributed by atoms with Crippen LogP contribution >= 0.6 is 0 Å². The van der Waals surface area contributed by atoms with Crippen molar-refractivity contribution in [1.29, 1.82) is 0 Å². The molecule has 0 saturated heterocycles. The summed E-state index contributed by atoms with van der Waals surface area (Å²) in [7, 11) is 0. The lowest BCUT2D eigenvalue weighted by molar-refractivity contribution is -0.136. The van der Waals surface area contributed by atoms with E-state index in [-0.39, 0.29) is 13.0 Å². The second kappa shape index (κ2) is 5.34. The Bertz CT molecular complexity index is 454. The Morgan fingerprint density at radius 3 is 2.29 bits per heavy atom. The molecule has 17 heavy (non-hydrogen) atoms. The molecule has 0 radical (unpaired) electrons. The first-order valence-corrected chi connectivity index (χ1v) is 5.18. The van der Waals surface area contributed by atoms with Crippen LogP contribution in [-0.4, -0.2) is 28.7 Å². The summed E-state index contributed by atoms with van der Waals surface area (Å²) in [6.45, 7) is 3.52. The van der Waals surface area contributed by atoms with Gasteiger partial charge in [0.05, 0.1) is 6.42 Å². The molecule has 0 aliphatic rings. The molecule has 1 rings (SSSR count). The van der Waals surface area contributed by atoms with Gasteiger partial charge in [-0.3, -0.25) is 9.59 Å². The number of aliphatic carboxylic acids is 2. The van der Waals surface area contributed by atoms with Gasteiger partial charge in [0.25, 0.3) is 0 Å². The van der Waals surface area contributed by atoms with E-state index in [9.17, 15) is 9.59 Å². The summed E-state index contributed by atoms with van der Waals surface area (Å²) in [6.07, 6.45) is -0.0219. The van der Waals surface area contributed by atoms with Gasteiger partial charge in [-0.05, 0) is 36.6 Å². The second-order valence-corrected chi connectivity index (χ2v) is 3.84. The van der Waals surface area contributed by atoms with Gasteiger partial charge in [-0.25, -0.2) is 0 Å². The van der Waals surface area contributed by atoms with Gasteiger partial charge in [0, 0.05) is 5.69 Å². The molecule has 5 nitrogen and oxygen atoms in total. The molecule has 92 valence electrons. The molecule has 0 atom stereocenters. The fourth-order valence-corrected chi connectivity index (χ4v) is 1.59. The van der Waals surface area contributed by atoms with Crippen molar-refractivity contribution in [3.8, 4) is 0 Å². The molecule has 0 heterocycles.